The van der Waals surface area contributed by atoms with Crippen molar-refractivity contribution in [3.05, 3.63) is 53.1 Å². The number of nitrogens with one attached hydrogen (secondary N) is 1. The topological polar surface area (TPSA) is 65.4 Å². The number of fused-ring (bicyclic) bond motifs is 1. The summed E-state index contributed by atoms with van der Waals surface area (Å²) in [7, 11) is 0. The zero-order valence-electron chi connectivity index (χ0n) is 16.0. The number of nitrogens with zero attached hydrogens (tertiary/aromatic N) is 2. The Hall–Kier alpha value is -3.21. The first-order valence-corrected chi connectivity index (χ1v) is 9.11. The Morgan fingerprint density at radius 2 is 1.97 bits per heavy atom. The first-order chi connectivity index (χ1) is 13.7. The maximum atomic E-state index is 13.5. The number of nitriles is 1. The van der Waals surface area contributed by atoms with Crippen LogP contribution in [0.1, 0.15) is 30.5 Å². The van der Waals surface area contributed by atoms with Crippen molar-refractivity contribution in [1.82, 2.24) is 0 Å². The fraction of sp³-hybridized carbons (Fsp3) is 0.333. The van der Waals surface area contributed by atoms with E-state index in [0.29, 0.717) is 23.7 Å². The highest BCUT2D eigenvalue weighted by Gasteiger charge is 2.41. The molecule has 1 atom stereocenters. The summed E-state index contributed by atoms with van der Waals surface area (Å²) < 4.78 is 46.2. The van der Waals surface area contributed by atoms with E-state index in [1.165, 1.54) is 13.0 Å². The summed E-state index contributed by atoms with van der Waals surface area (Å²) in [4.78, 5) is 12.9. The molecular weight excluding hydrogens is 383 g/mol. The van der Waals surface area contributed by atoms with E-state index in [1.807, 2.05) is 11.8 Å². The fourth-order valence-corrected chi connectivity index (χ4v) is 3.61. The maximum absolute atomic E-state index is 13.5. The van der Waals surface area contributed by atoms with Crippen molar-refractivity contribution in [3.8, 4) is 11.8 Å². The van der Waals surface area contributed by atoms with Crippen LogP contribution in [-0.4, -0.2) is 25.1 Å². The Bertz CT molecular complexity index is 949. The predicted molar refractivity (Wildman–Crippen MR) is 103 cm³/mol. The number of ether oxygens (including phenoxy) is 1. The second-order valence-corrected chi connectivity index (χ2v) is 6.90. The van der Waals surface area contributed by atoms with Crippen LogP contribution in [0.15, 0.2) is 36.4 Å². The van der Waals surface area contributed by atoms with E-state index in [2.05, 4.69) is 5.32 Å². The summed E-state index contributed by atoms with van der Waals surface area (Å²) in [6.45, 7) is 3.97. The number of benzene rings is 2. The zero-order chi connectivity index (χ0) is 21.2. The Balaban J connectivity index is 1.71. The van der Waals surface area contributed by atoms with Crippen LogP contribution in [0.25, 0.3) is 0 Å². The van der Waals surface area contributed by atoms with E-state index in [4.69, 9.17) is 10.00 Å². The van der Waals surface area contributed by atoms with Crippen LogP contribution in [0.5, 0.6) is 5.75 Å². The van der Waals surface area contributed by atoms with Gasteiger partial charge in [-0.2, -0.15) is 18.4 Å². The monoisotopic (exact) mass is 403 g/mol. The molecule has 0 aliphatic carbocycles. The van der Waals surface area contributed by atoms with Gasteiger partial charge in [-0.15, -0.1) is 0 Å². The zero-order valence-corrected chi connectivity index (χ0v) is 16.0. The summed E-state index contributed by atoms with van der Waals surface area (Å²) in [5.74, 6) is 0.431. The van der Waals surface area contributed by atoms with Crippen LogP contribution in [0.2, 0.25) is 0 Å². The molecule has 3 rings (SSSR count). The van der Waals surface area contributed by atoms with E-state index in [-0.39, 0.29) is 36.1 Å². The Labute approximate surface area is 166 Å². The predicted octanol–water partition coefficient (Wildman–Crippen LogP) is 4.37. The summed E-state index contributed by atoms with van der Waals surface area (Å²) in [6.07, 6.45) is -4.34. The van der Waals surface area contributed by atoms with Gasteiger partial charge in [-0.1, -0.05) is 0 Å². The molecule has 1 aliphatic rings. The molecule has 0 radical (unpaired) electrons. The van der Waals surface area contributed by atoms with Crippen LogP contribution in [0.3, 0.4) is 0 Å². The Morgan fingerprint density at radius 1 is 1.28 bits per heavy atom. The van der Waals surface area contributed by atoms with Crippen LogP contribution in [-0.2, 0) is 17.4 Å². The number of carbonyl (C=O) groups is 1. The fourth-order valence-electron chi connectivity index (χ4n) is 3.61. The van der Waals surface area contributed by atoms with Crippen LogP contribution < -0.4 is 15.0 Å². The Morgan fingerprint density at radius 3 is 2.55 bits per heavy atom. The van der Waals surface area contributed by atoms with Gasteiger partial charge in [0.2, 0.25) is 5.91 Å². The minimum absolute atomic E-state index is 0.134. The molecule has 1 N–H and O–H groups in total. The van der Waals surface area contributed by atoms with Crippen molar-refractivity contribution in [2.24, 2.45) is 0 Å². The molecule has 152 valence electrons. The second kappa shape index (κ2) is 8.03. The molecule has 8 heteroatoms. The smallest absolute Gasteiger partial charge is 0.418 e. The van der Waals surface area contributed by atoms with Gasteiger partial charge in [0.15, 0.2) is 0 Å². The molecule has 0 aromatic heterocycles. The lowest BCUT2D eigenvalue weighted by atomic mass is 9.98. The number of amides is 1. The molecule has 0 saturated heterocycles. The minimum Gasteiger partial charge on any atom is -0.492 e. The van der Waals surface area contributed by atoms with Gasteiger partial charge in [-0.05, 0) is 55.3 Å². The van der Waals surface area contributed by atoms with Gasteiger partial charge < -0.3 is 15.0 Å². The van der Waals surface area contributed by atoms with Crippen molar-refractivity contribution in [2.75, 3.05) is 23.4 Å². The molecule has 1 heterocycles. The molecule has 2 aromatic carbocycles. The number of hydrogen-bond acceptors (Lipinski definition) is 4. The minimum atomic E-state index is -4.57. The second-order valence-electron chi connectivity index (χ2n) is 6.90. The number of anilines is 2. The summed E-state index contributed by atoms with van der Waals surface area (Å²) >= 11 is 0. The molecule has 29 heavy (non-hydrogen) atoms. The summed E-state index contributed by atoms with van der Waals surface area (Å²) in [5, 5.41) is 11.7. The third kappa shape index (κ3) is 4.45. The lowest BCUT2D eigenvalue weighted by Crippen LogP contribution is -2.33. The quantitative estimate of drug-likeness (QED) is 0.805. The van der Waals surface area contributed by atoms with E-state index < -0.39 is 11.7 Å². The van der Waals surface area contributed by atoms with E-state index in [9.17, 15) is 18.0 Å². The van der Waals surface area contributed by atoms with Gasteiger partial charge in [-0.25, -0.2) is 0 Å². The molecule has 0 saturated carbocycles. The van der Waals surface area contributed by atoms with Gasteiger partial charge in [0.1, 0.15) is 12.4 Å². The third-order valence-corrected chi connectivity index (χ3v) is 4.81. The van der Waals surface area contributed by atoms with Gasteiger partial charge in [0, 0.05) is 24.3 Å². The number of hydrogen-bond donors (Lipinski definition) is 1. The lowest BCUT2D eigenvalue weighted by molar-refractivity contribution is -0.138. The van der Waals surface area contributed by atoms with Gasteiger partial charge >= 0.3 is 6.18 Å². The van der Waals surface area contributed by atoms with Gasteiger partial charge in [-0.3, -0.25) is 4.79 Å². The molecule has 0 spiro atoms. The average Bonchev–Trinajstić information content (AvgIpc) is 2.96. The number of halogens is 3. The molecule has 1 amide bonds. The summed E-state index contributed by atoms with van der Waals surface area (Å²) in [6, 6.07) is 11.2. The van der Waals surface area contributed by atoms with E-state index in [1.54, 1.807) is 36.4 Å². The van der Waals surface area contributed by atoms with Crippen molar-refractivity contribution in [2.45, 2.75) is 32.5 Å². The first kappa shape index (κ1) is 20.5. The average molecular weight is 403 g/mol. The Kier molecular flexibility index (Phi) is 5.69. The van der Waals surface area contributed by atoms with Crippen LogP contribution in [0, 0.1) is 11.3 Å². The molecule has 2 aromatic rings. The van der Waals surface area contributed by atoms with Crippen molar-refractivity contribution in [3.63, 3.8) is 0 Å². The number of alkyl halides is 3. The van der Waals surface area contributed by atoms with Crippen LogP contribution in [0.4, 0.5) is 24.5 Å². The lowest BCUT2D eigenvalue weighted by Gasteiger charge is -2.25. The van der Waals surface area contributed by atoms with Crippen molar-refractivity contribution in [1.29, 1.82) is 5.26 Å². The molecule has 5 nitrogen and oxygen atoms in total. The number of carbonyl (C=O) groups excluding carboxylic acids is 1. The SMILES string of the molecule is CC(=O)Nc1ccc(OCCN2c3ccc(C#N)c(C(F)(F)F)c3CC2C)cc1. The highest BCUT2D eigenvalue weighted by molar-refractivity contribution is 5.88. The highest BCUT2D eigenvalue weighted by Crippen LogP contribution is 2.43. The molecule has 1 aliphatic heterocycles. The molecule has 0 fully saturated rings. The molecular formula is C21H20F3N3O2. The maximum Gasteiger partial charge on any atom is 0.418 e. The molecule has 0 bridgehead atoms. The standard InChI is InChI=1S/C21H20F3N3O2/c1-13-11-18-19(8-3-15(12-25)20(18)21(22,23)24)27(13)9-10-29-17-6-4-16(5-7-17)26-14(2)28/h3-8,13H,9-11H2,1-2H3,(H,26,28). The van der Waals surface area contributed by atoms with E-state index in [0.717, 1.165) is 0 Å². The first-order valence-electron chi connectivity index (χ1n) is 9.11. The van der Waals surface area contributed by atoms with Gasteiger partial charge in [0.25, 0.3) is 0 Å². The third-order valence-electron chi connectivity index (χ3n) is 4.81. The van der Waals surface area contributed by atoms with Crippen molar-refractivity contribution < 1.29 is 22.7 Å². The highest BCUT2D eigenvalue weighted by atomic mass is 19.4. The van der Waals surface area contributed by atoms with Gasteiger partial charge in [0.05, 0.1) is 23.7 Å². The van der Waals surface area contributed by atoms with Crippen molar-refractivity contribution >= 4 is 17.3 Å². The van der Waals surface area contributed by atoms with E-state index >= 15 is 0 Å². The van der Waals surface area contributed by atoms with Crippen LogP contribution >= 0.6 is 0 Å². The largest absolute Gasteiger partial charge is 0.492 e. The molecule has 1 unspecified atom stereocenters. The summed E-state index contributed by atoms with van der Waals surface area (Å²) in [5.41, 5.74) is 0.138. The number of rotatable bonds is 5. The normalized spacial score (nSPS) is 15.6.